The number of allylic oxidation sites excluding steroid dienone is 1. The van der Waals surface area contributed by atoms with Crippen LogP contribution in [-0.2, 0) is 4.79 Å². The maximum absolute atomic E-state index is 12.4. The van der Waals surface area contributed by atoms with Crippen LogP contribution in [0.3, 0.4) is 0 Å². The lowest BCUT2D eigenvalue weighted by Gasteiger charge is -2.40. The van der Waals surface area contributed by atoms with Crippen LogP contribution in [-0.4, -0.2) is 47.4 Å². The van der Waals surface area contributed by atoms with Crippen LogP contribution < -0.4 is 0 Å². The molecule has 2 atom stereocenters. The first-order valence-corrected chi connectivity index (χ1v) is 9.44. The molecule has 0 radical (unpaired) electrons. The van der Waals surface area contributed by atoms with Gasteiger partial charge in [-0.25, -0.2) is 0 Å². The summed E-state index contributed by atoms with van der Waals surface area (Å²) in [7, 11) is 0. The average Bonchev–Trinajstić information content (AvgIpc) is 2.73. The fourth-order valence-electron chi connectivity index (χ4n) is 4.19. The molecule has 2 heterocycles. The van der Waals surface area contributed by atoms with Gasteiger partial charge >= 0.3 is 0 Å². The molecule has 2 aliphatic heterocycles. The van der Waals surface area contributed by atoms with Crippen molar-refractivity contribution in [1.82, 2.24) is 9.80 Å². The minimum atomic E-state index is 0.350. The number of nitrogens with zero attached hydrogens (tertiary/aromatic N) is 2. The molecular weight excluding hydrogens is 296 g/mol. The van der Waals surface area contributed by atoms with Gasteiger partial charge in [0.15, 0.2) is 0 Å². The molecule has 1 aromatic carbocycles. The summed E-state index contributed by atoms with van der Waals surface area (Å²) in [4.78, 5) is 17.2. The second kappa shape index (κ2) is 7.98. The maximum Gasteiger partial charge on any atom is 0.222 e. The number of amides is 1. The number of carbonyl (C=O) groups is 1. The molecule has 1 amide bonds. The third-order valence-corrected chi connectivity index (χ3v) is 5.58. The Hall–Kier alpha value is -1.61. The average molecular weight is 326 g/mol. The van der Waals surface area contributed by atoms with Gasteiger partial charge < -0.3 is 4.90 Å². The van der Waals surface area contributed by atoms with Crippen LogP contribution in [0.5, 0.6) is 0 Å². The topological polar surface area (TPSA) is 23.6 Å². The number of carbonyl (C=O) groups excluding carboxylic acids is 1. The molecule has 0 spiro atoms. The normalized spacial score (nSPS) is 25.4. The standard InChI is InChI=1S/C21H30N2O/c1-3-21(24)23-19-10-7-11-20(23)16-22(15-13-19)14-12-17(2)18-8-5-4-6-9-18/h4-6,8-9,12,19-20H,3,7,10-11,13-16H2,1-2H3/b17-12-. The van der Waals surface area contributed by atoms with Gasteiger partial charge in [0.05, 0.1) is 0 Å². The smallest absolute Gasteiger partial charge is 0.222 e. The van der Waals surface area contributed by atoms with E-state index < -0.39 is 0 Å². The molecule has 2 aliphatic rings. The lowest BCUT2D eigenvalue weighted by Crippen LogP contribution is -2.51. The minimum Gasteiger partial charge on any atom is -0.335 e. The molecule has 2 bridgehead atoms. The van der Waals surface area contributed by atoms with Crippen LogP contribution in [0, 0.1) is 0 Å². The molecule has 0 aromatic heterocycles. The summed E-state index contributed by atoms with van der Waals surface area (Å²) < 4.78 is 0. The van der Waals surface area contributed by atoms with Gasteiger partial charge in [-0.1, -0.05) is 43.3 Å². The summed E-state index contributed by atoms with van der Waals surface area (Å²) >= 11 is 0. The van der Waals surface area contributed by atoms with Crippen molar-refractivity contribution in [3.63, 3.8) is 0 Å². The van der Waals surface area contributed by atoms with Crippen LogP contribution in [0.1, 0.15) is 51.5 Å². The van der Waals surface area contributed by atoms with Crippen LogP contribution in [0.25, 0.3) is 5.57 Å². The number of piperidine rings is 1. The zero-order chi connectivity index (χ0) is 16.9. The van der Waals surface area contributed by atoms with Crippen molar-refractivity contribution in [1.29, 1.82) is 0 Å². The van der Waals surface area contributed by atoms with E-state index in [0.29, 0.717) is 24.4 Å². The van der Waals surface area contributed by atoms with Crippen molar-refractivity contribution < 1.29 is 4.79 Å². The van der Waals surface area contributed by atoms with E-state index in [4.69, 9.17) is 0 Å². The number of hydrogen-bond donors (Lipinski definition) is 0. The molecule has 3 rings (SSSR count). The van der Waals surface area contributed by atoms with Gasteiger partial charge in [0.2, 0.25) is 5.91 Å². The maximum atomic E-state index is 12.4. The fourth-order valence-corrected chi connectivity index (χ4v) is 4.19. The summed E-state index contributed by atoms with van der Waals surface area (Å²) in [5.41, 5.74) is 2.64. The Morgan fingerprint density at radius 1 is 1.17 bits per heavy atom. The largest absolute Gasteiger partial charge is 0.335 e. The molecule has 1 aromatic rings. The molecule has 3 nitrogen and oxygen atoms in total. The van der Waals surface area contributed by atoms with E-state index in [9.17, 15) is 4.79 Å². The Labute approximate surface area is 146 Å². The Bertz CT molecular complexity index is 581. The van der Waals surface area contributed by atoms with Gasteiger partial charge in [-0.2, -0.15) is 0 Å². The van der Waals surface area contributed by atoms with Crippen molar-refractivity contribution in [2.24, 2.45) is 0 Å². The zero-order valence-electron chi connectivity index (χ0n) is 15.1. The molecule has 130 valence electrons. The lowest BCUT2D eigenvalue weighted by atomic mass is 9.94. The molecule has 2 saturated heterocycles. The van der Waals surface area contributed by atoms with Gasteiger partial charge in [-0.3, -0.25) is 9.69 Å². The molecule has 2 fully saturated rings. The van der Waals surface area contributed by atoms with Crippen LogP contribution >= 0.6 is 0 Å². The third kappa shape index (κ3) is 3.89. The minimum absolute atomic E-state index is 0.350. The van der Waals surface area contributed by atoms with Crippen LogP contribution in [0.2, 0.25) is 0 Å². The molecule has 0 aliphatic carbocycles. The third-order valence-electron chi connectivity index (χ3n) is 5.58. The zero-order valence-corrected chi connectivity index (χ0v) is 15.1. The highest BCUT2D eigenvalue weighted by atomic mass is 16.2. The number of benzene rings is 1. The number of fused-ring (bicyclic) bond motifs is 2. The summed E-state index contributed by atoms with van der Waals surface area (Å²) in [5.74, 6) is 0.350. The predicted octanol–water partition coefficient (Wildman–Crippen LogP) is 3.96. The van der Waals surface area contributed by atoms with E-state index in [-0.39, 0.29) is 0 Å². The Morgan fingerprint density at radius 3 is 2.67 bits per heavy atom. The van der Waals surface area contributed by atoms with Gasteiger partial charge in [0.25, 0.3) is 0 Å². The highest BCUT2D eigenvalue weighted by Gasteiger charge is 2.36. The number of rotatable bonds is 4. The van der Waals surface area contributed by atoms with E-state index in [1.807, 2.05) is 6.92 Å². The van der Waals surface area contributed by atoms with Crippen LogP contribution in [0.15, 0.2) is 36.4 Å². The Morgan fingerprint density at radius 2 is 1.92 bits per heavy atom. The molecule has 2 unspecified atom stereocenters. The van der Waals surface area contributed by atoms with Crippen molar-refractivity contribution in [2.45, 2.75) is 58.0 Å². The lowest BCUT2D eigenvalue weighted by molar-refractivity contribution is -0.137. The van der Waals surface area contributed by atoms with Gasteiger partial charge in [0.1, 0.15) is 0 Å². The molecular formula is C21H30N2O. The highest BCUT2D eigenvalue weighted by Crippen LogP contribution is 2.29. The molecule has 3 heteroatoms. The molecule has 0 saturated carbocycles. The van der Waals surface area contributed by atoms with E-state index in [1.165, 1.54) is 30.4 Å². The van der Waals surface area contributed by atoms with Gasteiger partial charge in [-0.05, 0) is 43.7 Å². The van der Waals surface area contributed by atoms with Crippen molar-refractivity contribution in [3.05, 3.63) is 42.0 Å². The second-order valence-corrected chi connectivity index (χ2v) is 7.19. The quantitative estimate of drug-likeness (QED) is 0.836. The monoisotopic (exact) mass is 326 g/mol. The second-order valence-electron chi connectivity index (χ2n) is 7.19. The highest BCUT2D eigenvalue weighted by molar-refractivity contribution is 5.76. The van der Waals surface area contributed by atoms with Crippen molar-refractivity contribution in [2.75, 3.05) is 19.6 Å². The van der Waals surface area contributed by atoms with E-state index in [1.54, 1.807) is 0 Å². The van der Waals surface area contributed by atoms with E-state index in [0.717, 1.165) is 26.1 Å². The van der Waals surface area contributed by atoms with Crippen molar-refractivity contribution in [3.8, 4) is 0 Å². The predicted molar refractivity (Wildman–Crippen MR) is 99.7 cm³/mol. The molecule has 24 heavy (non-hydrogen) atoms. The fraction of sp³-hybridized carbons (Fsp3) is 0.571. The summed E-state index contributed by atoms with van der Waals surface area (Å²) in [6.45, 7) is 7.30. The Balaban J connectivity index is 1.67. The Kier molecular flexibility index (Phi) is 5.72. The first kappa shape index (κ1) is 17.2. The summed E-state index contributed by atoms with van der Waals surface area (Å²) in [5, 5.41) is 0. The van der Waals surface area contributed by atoms with E-state index >= 15 is 0 Å². The SMILES string of the molecule is CCC(=O)N1C2CCCC1CN(C/C=C(/C)c1ccccc1)CC2. The first-order valence-electron chi connectivity index (χ1n) is 9.44. The number of hydrogen-bond acceptors (Lipinski definition) is 2. The summed E-state index contributed by atoms with van der Waals surface area (Å²) in [6, 6.07) is 11.5. The summed E-state index contributed by atoms with van der Waals surface area (Å²) in [6.07, 6.45) is 7.74. The van der Waals surface area contributed by atoms with Gasteiger partial charge in [-0.15, -0.1) is 0 Å². The van der Waals surface area contributed by atoms with Gasteiger partial charge in [0, 0.05) is 38.1 Å². The van der Waals surface area contributed by atoms with Crippen molar-refractivity contribution >= 4 is 11.5 Å². The van der Waals surface area contributed by atoms with Crippen LogP contribution in [0.4, 0.5) is 0 Å². The molecule has 0 N–H and O–H groups in total. The van der Waals surface area contributed by atoms with E-state index in [2.05, 4.69) is 53.1 Å². The first-order chi connectivity index (χ1) is 11.7.